The fraction of sp³-hybridized carbons (Fsp3) is 0.409. The Kier molecular flexibility index (Phi) is 6.24. The van der Waals surface area contributed by atoms with Gasteiger partial charge in [0, 0.05) is 0 Å². The van der Waals surface area contributed by atoms with Gasteiger partial charge in [-0.15, -0.1) is 0 Å². The lowest BCUT2D eigenvalue weighted by molar-refractivity contribution is -0.123. The molecule has 0 aromatic heterocycles. The van der Waals surface area contributed by atoms with Gasteiger partial charge in [0.05, 0.1) is 6.04 Å². The van der Waals surface area contributed by atoms with Gasteiger partial charge in [-0.3, -0.25) is 4.79 Å². The van der Waals surface area contributed by atoms with Crippen LogP contribution in [0.1, 0.15) is 57.4 Å². The molecule has 0 unspecified atom stereocenters. The lowest BCUT2D eigenvalue weighted by atomic mass is 9.87. The number of rotatable bonds is 6. The fourth-order valence-corrected chi connectivity index (χ4v) is 2.61. The van der Waals surface area contributed by atoms with Crippen LogP contribution in [0.4, 0.5) is 0 Å². The molecule has 0 aliphatic heterocycles. The van der Waals surface area contributed by atoms with E-state index in [9.17, 15) is 4.79 Å². The van der Waals surface area contributed by atoms with Crippen LogP contribution >= 0.6 is 0 Å². The van der Waals surface area contributed by atoms with Crippen LogP contribution in [0.3, 0.4) is 0 Å². The maximum absolute atomic E-state index is 12.1. The average molecular weight is 339 g/mol. The summed E-state index contributed by atoms with van der Waals surface area (Å²) in [5.74, 6) is 0.593. The van der Waals surface area contributed by atoms with Crippen LogP contribution in [0.2, 0.25) is 0 Å². The minimum atomic E-state index is -0.119. The van der Waals surface area contributed by atoms with Gasteiger partial charge < -0.3 is 10.1 Å². The van der Waals surface area contributed by atoms with Gasteiger partial charge in [0.25, 0.3) is 5.91 Å². The molecule has 1 N–H and O–H groups in total. The smallest absolute Gasteiger partial charge is 0.258 e. The number of hydrogen-bond donors (Lipinski definition) is 1. The Balaban J connectivity index is 1.85. The Morgan fingerprint density at radius 2 is 1.64 bits per heavy atom. The van der Waals surface area contributed by atoms with Crippen molar-refractivity contribution in [1.29, 1.82) is 0 Å². The summed E-state index contributed by atoms with van der Waals surface area (Å²) < 4.78 is 5.60. The molecule has 0 aliphatic rings. The van der Waals surface area contributed by atoms with Crippen LogP contribution in [0.15, 0.2) is 48.5 Å². The summed E-state index contributed by atoms with van der Waals surface area (Å²) in [5.41, 5.74) is 3.75. The normalized spacial score (nSPS) is 12.5. The molecule has 0 saturated carbocycles. The van der Waals surface area contributed by atoms with Crippen molar-refractivity contribution in [3.05, 3.63) is 65.2 Å². The first kappa shape index (κ1) is 19.0. The van der Waals surface area contributed by atoms with E-state index in [1.54, 1.807) is 0 Å². The van der Waals surface area contributed by atoms with E-state index in [1.807, 2.05) is 31.2 Å². The second-order valence-corrected chi connectivity index (χ2v) is 7.45. The summed E-state index contributed by atoms with van der Waals surface area (Å²) in [6, 6.07) is 16.2. The lowest BCUT2D eigenvalue weighted by Crippen LogP contribution is -2.31. The van der Waals surface area contributed by atoms with Crippen molar-refractivity contribution in [3.63, 3.8) is 0 Å². The molecule has 2 aromatic rings. The van der Waals surface area contributed by atoms with Crippen LogP contribution < -0.4 is 10.1 Å². The van der Waals surface area contributed by atoms with E-state index in [-0.39, 0.29) is 24.0 Å². The molecule has 25 heavy (non-hydrogen) atoms. The zero-order valence-electron chi connectivity index (χ0n) is 15.9. The number of nitrogens with one attached hydrogen (secondary N) is 1. The number of carbonyl (C=O) groups excluding carboxylic acids is 1. The molecule has 0 radical (unpaired) electrons. The molecule has 0 spiro atoms. The van der Waals surface area contributed by atoms with E-state index in [1.165, 1.54) is 11.1 Å². The summed E-state index contributed by atoms with van der Waals surface area (Å²) in [6.45, 7) is 10.6. The highest BCUT2D eigenvalue weighted by molar-refractivity contribution is 5.78. The maximum atomic E-state index is 12.1. The molecule has 0 bridgehead atoms. The van der Waals surface area contributed by atoms with Crippen molar-refractivity contribution in [2.75, 3.05) is 6.61 Å². The highest BCUT2D eigenvalue weighted by atomic mass is 16.5. The molecule has 3 heteroatoms. The fourth-order valence-electron chi connectivity index (χ4n) is 2.61. The number of aryl methyl sites for hydroxylation is 1. The second kappa shape index (κ2) is 8.19. The van der Waals surface area contributed by atoms with Crippen LogP contribution in [-0.4, -0.2) is 12.5 Å². The number of amides is 1. The molecule has 134 valence electrons. The quantitative estimate of drug-likeness (QED) is 0.821. The highest BCUT2D eigenvalue weighted by Crippen LogP contribution is 2.24. The van der Waals surface area contributed by atoms with Gasteiger partial charge in [0.15, 0.2) is 6.61 Å². The molecular formula is C22H29NO2. The third-order valence-electron chi connectivity index (χ3n) is 4.36. The van der Waals surface area contributed by atoms with Crippen LogP contribution in [-0.2, 0) is 16.6 Å². The van der Waals surface area contributed by atoms with E-state index in [4.69, 9.17) is 4.74 Å². The zero-order chi connectivity index (χ0) is 18.4. The molecule has 3 nitrogen and oxygen atoms in total. The van der Waals surface area contributed by atoms with E-state index in [2.05, 4.69) is 57.3 Å². The molecule has 2 rings (SSSR count). The Hall–Kier alpha value is -2.29. The summed E-state index contributed by atoms with van der Waals surface area (Å²) in [7, 11) is 0. The van der Waals surface area contributed by atoms with Gasteiger partial charge >= 0.3 is 0 Å². The minimum absolute atomic E-state index is 0.0201. The summed E-state index contributed by atoms with van der Waals surface area (Å²) >= 11 is 0. The van der Waals surface area contributed by atoms with Crippen molar-refractivity contribution in [1.82, 2.24) is 5.32 Å². The number of ether oxygens (including phenoxy) is 1. The van der Waals surface area contributed by atoms with Gasteiger partial charge in [0.2, 0.25) is 0 Å². The molecule has 0 saturated heterocycles. The van der Waals surface area contributed by atoms with E-state index in [0.717, 1.165) is 12.0 Å². The third-order valence-corrected chi connectivity index (χ3v) is 4.36. The predicted molar refractivity (Wildman–Crippen MR) is 103 cm³/mol. The van der Waals surface area contributed by atoms with Crippen molar-refractivity contribution >= 4 is 5.91 Å². The summed E-state index contributed by atoms with van der Waals surface area (Å²) in [6.07, 6.45) is 1.02. The number of hydrogen-bond acceptors (Lipinski definition) is 2. The second-order valence-electron chi connectivity index (χ2n) is 7.45. The van der Waals surface area contributed by atoms with E-state index in [0.29, 0.717) is 5.75 Å². The van der Waals surface area contributed by atoms with Crippen molar-refractivity contribution in [3.8, 4) is 5.75 Å². The molecular weight excluding hydrogens is 310 g/mol. The van der Waals surface area contributed by atoms with Gasteiger partial charge in [0.1, 0.15) is 5.75 Å². The lowest BCUT2D eigenvalue weighted by Gasteiger charge is -2.19. The molecule has 1 atom stereocenters. The first-order valence-corrected chi connectivity index (χ1v) is 8.91. The highest BCUT2D eigenvalue weighted by Gasteiger charge is 2.14. The monoisotopic (exact) mass is 339 g/mol. The maximum Gasteiger partial charge on any atom is 0.258 e. The Morgan fingerprint density at radius 1 is 1.04 bits per heavy atom. The SMILES string of the molecule is CCc1ccc([C@H](C)NC(=O)COc2ccc(C(C)(C)C)cc2)cc1. The third kappa shape index (κ3) is 5.63. The van der Waals surface area contributed by atoms with Gasteiger partial charge in [-0.25, -0.2) is 0 Å². The Labute approximate surface area is 151 Å². The first-order chi connectivity index (χ1) is 11.8. The topological polar surface area (TPSA) is 38.3 Å². The number of carbonyl (C=O) groups is 1. The van der Waals surface area contributed by atoms with Crippen LogP contribution in [0.5, 0.6) is 5.75 Å². The Morgan fingerprint density at radius 3 is 2.16 bits per heavy atom. The molecule has 1 amide bonds. The van der Waals surface area contributed by atoms with Gasteiger partial charge in [-0.05, 0) is 47.6 Å². The number of benzene rings is 2. The van der Waals surface area contributed by atoms with Crippen molar-refractivity contribution < 1.29 is 9.53 Å². The zero-order valence-corrected chi connectivity index (χ0v) is 15.9. The van der Waals surface area contributed by atoms with Crippen molar-refractivity contribution in [2.45, 2.75) is 52.5 Å². The largest absolute Gasteiger partial charge is 0.484 e. The van der Waals surface area contributed by atoms with E-state index >= 15 is 0 Å². The molecule has 0 aliphatic carbocycles. The van der Waals surface area contributed by atoms with Crippen LogP contribution in [0.25, 0.3) is 0 Å². The molecule has 2 aromatic carbocycles. The van der Waals surface area contributed by atoms with Gasteiger partial charge in [-0.1, -0.05) is 64.1 Å². The first-order valence-electron chi connectivity index (χ1n) is 8.91. The Bertz CT molecular complexity index is 681. The van der Waals surface area contributed by atoms with E-state index < -0.39 is 0 Å². The average Bonchev–Trinajstić information content (AvgIpc) is 2.59. The minimum Gasteiger partial charge on any atom is -0.484 e. The van der Waals surface area contributed by atoms with Crippen LogP contribution in [0, 0.1) is 0 Å². The van der Waals surface area contributed by atoms with Crippen molar-refractivity contribution in [2.24, 2.45) is 0 Å². The van der Waals surface area contributed by atoms with Gasteiger partial charge in [-0.2, -0.15) is 0 Å². The summed E-state index contributed by atoms with van der Waals surface area (Å²) in [4.78, 5) is 12.1. The molecule has 0 heterocycles. The standard InChI is InChI=1S/C22H29NO2/c1-6-17-7-9-18(10-8-17)16(2)23-21(24)15-25-20-13-11-19(12-14-20)22(3,4)5/h7-14,16H,6,15H2,1-5H3,(H,23,24)/t16-/m0/s1. The summed E-state index contributed by atoms with van der Waals surface area (Å²) in [5, 5.41) is 2.98. The predicted octanol–water partition coefficient (Wildman–Crippen LogP) is 4.80. The molecule has 0 fully saturated rings.